The molecule has 0 unspecified atom stereocenters. The van der Waals surface area contributed by atoms with Crippen LogP contribution < -0.4 is 10.9 Å². The molecule has 5 nitrogen and oxygen atoms in total. The predicted octanol–water partition coefficient (Wildman–Crippen LogP) is 4.04. The Morgan fingerprint density at radius 3 is 2.93 bits per heavy atom. The third-order valence-electron chi connectivity index (χ3n) is 5.01. The molecule has 0 atom stereocenters. The van der Waals surface area contributed by atoms with Crippen molar-refractivity contribution >= 4 is 48.9 Å². The number of thiophene rings is 2. The first-order chi connectivity index (χ1) is 13.5. The molecule has 28 heavy (non-hydrogen) atoms. The molecule has 4 aromatic rings. The maximum atomic E-state index is 12.7. The largest absolute Gasteiger partial charge is 0.356 e. The summed E-state index contributed by atoms with van der Waals surface area (Å²) in [6.45, 7) is 4.87. The lowest BCUT2D eigenvalue weighted by molar-refractivity contribution is -0.121. The Morgan fingerprint density at radius 2 is 2.07 bits per heavy atom. The summed E-state index contributed by atoms with van der Waals surface area (Å²) in [5.74, 6) is -0.0512. The van der Waals surface area contributed by atoms with E-state index in [4.69, 9.17) is 0 Å². The fourth-order valence-electron chi connectivity index (χ4n) is 3.30. The summed E-state index contributed by atoms with van der Waals surface area (Å²) in [5, 5.41) is 7.05. The molecular weight excluding hydrogens is 390 g/mol. The van der Waals surface area contributed by atoms with E-state index in [-0.39, 0.29) is 17.9 Å². The van der Waals surface area contributed by atoms with Gasteiger partial charge in [-0.15, -0.1) is 22.7 Å². The molecule has 0 saturated heterocycles. The summed E-state index contributed by atoms with van der Waals surface area (Å²) in [4.78, 5) is 31.1. The summed E-state index contributed by atoms with van der Waals surface area (Å²) >= 11 is 3.26. The van der Waals surface area contributed by atoms with Gasteiger partial charge in [-0.2, -0.15) is 0 Å². The molecule has 0 radical (unpaired) electrons. The third-order valence-corrected chi connectivity index (χ3v) is 7.14. The molecular formula is C21H21N3O2S2. The van der Waals surface area contributed by atoms with Gasteiger partial charge in [0, 0.05) is 29.1 Å². The van der Waals surface area contributed by atoms with Gasteiger partial charge in [0.25, 0.3) is 5.56 Å². The van der Waals surface area contributed by atoms with E-state index in [1.54, 1.807) is 17.7 Å². The minimum atomic E-state index is -0.0654. The minimum absolute atomic E-state index is 0.0512. The van der Waals surface area contributed by atoms with Crippen LogP contribution >= 0.6 is 22.7 Å². The van der Waals surface area contributed by atoms with E-state index in [0.717, 1.165) is 21.7 Å². The smallest absolute Gasteiger partial charge is 0.262 e. The highest BCUT2D eigenvalue weighted by Gasteiger charge is 2.12. The van der Waals surface area contributed by atoms with Gasteiger partial charge in [-0.1, -0.05) is 18.2 Å². The van der Waals surface area contributed by atoms with Crippen molar-refractivity contribution in [1.82, 2.24) is 14.9 Å². The Balaban J connectivity index is 1.35. The number of hydrogen-bond donors (Lipinski definition) is 1. The van der Waals surface area contributed by atoms with Crippen molar-refractivity contribution in [3.8, 4) is 0 Å². The molecule has 7 heteroatoms. The molecule has 0 aliphatic rings. The first kappa shape index (κ1) is 18.8. The zero-order valence-corrected chi connectivity index (χ0v) is 17.5. The molecule has 0 aliphatic carbocycles. The number of nitrogens with one attached hydrogen (secondary N) is 1. The van der Waals surface area contributed by atoms with Gasteiger partial charge in [0.15, 0.2) is 0 Å². The molecule has 3 aromatic heterocycles. The molecule has 144 valence electrons. The van der Waals surface area contributed by atoms with Crippen molar-refractivity contribution in [3.05, 3.63) is 62.3 Å². The number of carbonyl (C=O) groups is 1. The van der Waals surface area contributed by atoms with Gasteiger partial charge >= 0.3 is 0 Å². The van der Waals surface area contributed by atoms with E-state index >= 15 is 0 Å². The summed E-state index contributed by atoms with van der Waals surface area (Å²) in [7, 11) is 0. The number of aryl methyl sites for hydroxylation is 3. The Labute approximate surface area is 170 Å². The van der Waals surface area contributed by atoms with Crippen LogP contribution in [0.2, 0.25) is 0 Å². The SMILES string of the molecule is Cc1sc2ncn(CCC(=O)NCCc3csc4ccccc34)c(=O)c2c1C. The first-order valence-corrected chi connectivity index (χ1v) is 10.9. The van der Waals surface area contributed by atoms with E-state index < -0.39 is 0 Å². The Morgan fingerprint density at radius 1 is 1.25 bits per heavy atom. The van der Waals surface area contributed by atoms with Crippen molar-refractivity contribution in [2.24, 2.45) is 0 Å². The van der Waals surface area contributed by atoms with Crippen molar-refractivity contribution < 1.29 is 4.79 Å². The van der Waals surface area contributed by atoms with Crippen LogP contribution in [0.5, 0.6) is 0 Å². The average molecular weight is 412 g/mol. The van der Waals surface area contributed by atoms with Crippen molar-refractivity contribution in [3.63, 3.8) is 0 Å². The molecule has 1 N–H and O–H groups in total. The summed E-state index contributed by atoms with van der Waals surface area (Å²) in [5.41, 5.74) is 2.18. The van der Waals surface area contributed by atoms with Crippen molar-refractivity contribution in [1.29, 1.82) is 0 Å². The van der Waals surface area contributed by atoms with Crippen LogP contribution in [-0.4, -0.2) is 22.0 Å². The van der Waals surface area contributed by atoms with Crippen LogP contribution in [0.1, 0.15) is 22.4 Å². The van der Waals surface area contributed by atoms with Crippen molar-refractivity contribution in [2.75, 3.05) is 6.54 Å². The van der Waals surface area contributed by atoms with E-state index in [1.165, 1.54) is 31.6 Å². The second kappa shape index (κ2) is 7.85. The number of benzene rings is 1. The monoisotopic (exact) mass is 411 g/mol. The summed E-state index contributed by atoms with van der Waals surface area (Å²) in [6, 6.07) is 8.31. The molecule has 0 bridgehead atoms. The van der Waals surface area contributed by atoms with Gasteiger partial charge in [0.1, 0.15) is 4.83 Å². The Kier molecular flexibility index (Phi) is 5.28. The number of carbonyl (C=O) groups excluding carboxylic acids is 1. The lowest BCUT2D eigenvalue weighted by Crippen LogP contribution is -2.29. The molecule has 4 rings (SSSR count). The third kappa shape index (κ3) is 3.59. The van der Waals surface area contributed by atoms with Crippen LogP contribution in [0.15, 0.2) is 40.8 Å². The van der Waals surface area contributed by atoms with Gasteiger partial charge in [-0.05, 0) is 48.2 Å². The fourth-order valence-corrected chi connectivity index (χ4v) is 5.29. The van der Waals surface area contributed by atoms with Crippen LogP contribution in [-0.2, 0) is 17.8 Å². The highest BCUT2D eigenvalue weighted by Crippen LogP contribution is 2.26. The summed E-state index contributed by atoms with van der Waals surface area (Å²) in [6.07, 6.45) is 2.61. The highest BCUT2D eigenvalue weighted by molar-refractivity contribution is 7.18. The van der Waals surface area contributed by atoms with Crippen LogP contribution in [0.3, 0.4) is 0 Å². The molecule has 0 aliphatic heterocycles. The average Bonchev–Trinajstić information content (AvgIpc) is 3.23. The molecule has 0 fully saturated rings. The lowest BCUT2D eigenvalue weighted by Gasteiger charge is -2.07. The lowest BCUT2D eigenvalue weighted by atomic mass is 10.1. The molecule has 1 amide bonds. The molecule has 0 saturated carbocycles. The first-order valence-electron chi connectivity index (χ1n) is 9.21. The standard InChI is InChI=1S/C21H21N3O2S2/c1-13-14(2)28-20-19(13)21(26)24(12-23-20)10-8-18(25)22-9-7-15-11-27-17-6-4-3-5-16(15)17/h3-6,11-12H,7-10H2,1-2H3,(H,22,25). The topological polar surface area (TPSA) is 64.0 Å². The van der Waals surface area contributed by atoms with Gasteiger partial charge in [-0.25, -0.2) is 4.98 Å². The van der Waals surface area contributed by atoms with Gasteiger partial charge in [0.05, 0.1) is 11.7 Å². The normalized spacial score (nSPS) is 11.4. The van der Waals surface area contributed by atoms with Crippen LogP contribution in [0.25, 0.3) is 20.3 Å². The second-order valence-corrected chi connectivity index (χ2v) is 8.93. The van der Waals surface area contributed by atoms with E-state index in [2.05, 4.69) is 27.8 Å². The van der Waals surface area contributed by atoms with Crippen molar-refractivity contribution in [2.45, 2.75) is 33.2 Å². The highest BCUT2D eigenvalue weighted by atomic mass is 32.1. The number of hydrogen-bond acceptors (Lipinski definition) is 5. The van der Waals surface area contributed by atoms with Gasteiger partial charge in [0.2, 0.25) is 5.91 Å². The van der Waals surface area contributed by atoms with E-state index in [1.807, 2.05) is 26.0 Å². The fraction of sp³-hybridized carbons (Fsp3) is 0.286. The Hall–Kier alpha value is -2.51. The van der Waals surface area contributed by atoms with Gasteiger partial charge < -0.3 is 5.32 Å². The number of rotatable bonds is 6. The zero-order valence-electron chi connectivity index (χ0n) is 15.8. The van der Waals surface area contributed by atoms with Crippen LogP contribution in [0.4, 0.5) is 0 Å². The summed E-state index contributed by atoms with van der Waals surface area (Å²) < 4.78 is 2.80. The molecule has 0 spiro atoms. The van der Waals surface area contributed by atoms with Crippen LogP contribution in [0, 0.1) is 13.8 Å². The maximum Gasteiger partial charge on any atom is 0.262 e. The molecule has 1 aromatic carbocycles. The number of amides is 1. The second-order valence-electron chi connectivity index (χ2n) is 6.81. The van der Waals surface area contributed by atoms with Gasteiger partial charge in [-0.3, -0.25) is 14.2 Å². The zero-order chi connectivity index (χ0) is 19.7. The number of nitrogens with zero attached hydrogens (tertiary/aromatic N) is 2. The Bertz CT molecular complexity index is 1220. The number of aromatic nitrogens is 2. The molecule has 3 heterocycles. The minimum Gasteiger partial charge on any atom is -0.356 e. The maximum absolute atomic E-state index is 12.7. The quantitative estimate of drug-likeness (QED) is 0.521. The van der Waals surface area contributed by atoms with E-state index in [9.17, 15) is 9.59 Å². The van der Waals surface area contributed by atoms with E-state index in [0.29, 0.717) is 18.5 Å². The predicted molar refractivity (Wildman–Crippen MR) is 117 cm³/mol. The number of fused-ring (bicyclic) bond motifs is 2.